The molecule has 0 spiro atoms. The third-order valence-corrected chi connectivity index (χ3v) is 1.91. The van der Waals surface area contributed by atoms with E-state index in [1.165, 1.54) is 0 Å². The number of halogens is 2. The number of rotatable bonds is 5. The van der Waals surface area contributed by atoms with Crippen LogP contribution < -0.4 is 11.1 Å². The maximum atomic E-state index is 11.0. The van der Waals surface area contributed by atoms with Gasteiger partial charge in [-0.2, -0.15) is 0 Å². The maximum absolute atomic E-state index is 11.0. The van der Waals surface area contributed by atoms with E-state index in [1.807, 2.05) is 0 Å². The monoisotopic (exact) mass is 228 g/mol. The summed E-state index contributed by atoms with van der Waals surface area (Å²) in [7, 11) is 0. The lowest BCUT2D eigenvalue weighted by atomic mass is 10.3. The van der Waals surface area contributed by atoms with E-state index in [9.17, 15) is 9.59 Å². The molecule has 0 unspecified atom stereocenters. The summed E-state index contributed by atoms with van der Waals surface area (Å²) in [6.45, 7) is 0. The van der Waals surface area contributed by atoms with Gasteiger partial charge in [-0.15, -0.1) is 23.2 Å². The standard InChI is InChI=1S/C6H10Cl2N2O3/c7-1-3(9)5(11)10-4(2-8)6(12)13/h3-4H,1-2,9H2,(H,10,11)(H,12,13)/t3-,4-/m0/s1. The Morgan fingerprint density at radius 2 is 1.92 bits per heavy atom. The lowest BCUT2D eigenvalue weighted by Gasteiger charge is -2.13. The third kappa shape index (κ3) is 4.31. The minimum Gasteiger partial charge on any atom is -0.480 e. The second kappa shape index (κ2) is 6.01. The predicted octanol–water partition coefficient (Wildman–Crippen LogP) is -0.639. The zero-order valence-corrected chi connectivity index (χ0v) is 8.18. The van der Waals surface area contributed by atoms with Crippen molar-refractivity contribution in [1.29, 1.82) is 0 Å². The Kier molecular flexibility index (Phi) is 5.77. The number of carbonyl (C=O) groups excluding carboxylic acids is 1. The maximum Gasteiger partial charge on any atom is 0.327 e. The van der Waals surface area contributed by atoms with Crippen LogP contribution >= 0.6 is 23.2 Å². The van der Waals surface area contributed by atoms with Crippen molar-refractivity contribution in [3.8, 4) is 0 Å². The number of carbonyl (C=O) groups is 2. The van der Waals surface area contributed by atoms with Crippen LogP contribution in [0.2, 0.25) is 0 Å². The Bertz CT molecular complexity index is 200. The minimum absolute atomic E-state index is 0.0690. The van der Waals surface area contributed by atoms with Gasteiger partial charge in [0.2, 0.25) is 5.91 Å². The first-order chi connectivity index (χ1) is 6.02. The molecule has 2 atom stereocenters. The van der Waals surface area contributed by atoms with Crippen LogP contribution in [0.3, 0.4) is 0 Å². The fourth-order valence-corrected chi connectivity index (χ4v) is 0.864. The molecular weight excluding hydrogens is 219 g/mol. The molecule has 0 heterocycles. The highest BCUT2D eigenvalue weighted by molar-refractivity contribution is 6.20. The molecule has 0 aliphatic rings. The van der Waals surface area contributed by atoms with Gasteiger partial charge in [-0.25, -0.2) is 4.79 Å². The van der Waals surface area contributed by atoms with E-state index in [4.69, 9.17) is 34.0 Å². The predicted molar refractivity (Wildman–Crippen MR) is 49.0 cm³/mol. The van der Waals surface area contributed by atoms with Crippen LogP contribution in [-0.2, 0) is 9.59 Å². The molecule has 0 aromatic rings. The van der Waals surface area contributed by atoms with Gasteiger partial charge in [-0.1, -0.05) is 0 Å². The summed E-state index contributed by atoms with van der Waals surface area (Å²) in [5.74, 6) is -2.11. The fourth-order valence-electron chi connectivity index (χ4n) is 0.515. The third-order valence-electron chi connectivity index (χ3n) is 1.27. The molecular formula is C6H10Cl2N2O3. The van der Waals surface area contributed by atoms with Gasteiger partial charge in [0, 0.05) is 5.88 Å². The molecule has 0 bridgehead atoms. The summed E-state index contributed by atoms with van der Waals surface area (Å²) in [6, 6.07) is -2.03. The Morgan fingerprint density at radius 1 is 1.38 bits per heavy atom. The molecule has 1 amide bonds. The van der Waals surface area contributed by atoms with Crippen LogP contribution in [0.4, 0.5) is 0 Å². The van der Waals surface area contributed by atoms with Crippen molar-refractivity contribution in [3.63, 3.8) is 0 Å². The number of alkyl halides is 2. The summed E-state index contributed by atoms with van der Waals surface area (Å²) in [6.07, 6.45) is 0. The van der Waals surface area contributed by atoms with E-state index >= 15 is 0 Å². The van der Waals surface area contributed by atoms with Crippen molar-refractivity contribution in [1.82, 2.24) is 5.32 Å². The molecule has 0 saturated carbocycles. The van der Waals surface area contributed by atoms with E-state index < -0.39 is 24.0 Å². The van der Waals surface area contributed by atoms with Gasteiger partial charge in [0.25, 0.3) is 0 Å². The van der Waals surface area contributed by atoms with E-state index in [0.717, 1.165) is 0 Å². The minimum atomic E-state index is -1.20. The van der Waals surface area contributed by atoms with Crippen molar-refractivity contribution >= 4 is 35.1 Å². The van der Waals surface area contributed by atoms with E-state index in [1.54, 1.807) is 0 Å². The van der Waals surface area contributed by atoms with E-state index in [2.05, 4.69) is 5.32 Å². The van der Waals surface area contributed by atoms with Crippen molar-refractivity contribution < 1.29 is 14.7 Å². The van der Waals surface area contributed by atoms with Gasteiger partial charge >= 0.3 is 5.97 Å². The topological polar surface area (TPSA) is 92.4 Å². The summed E-state index contributed by atoms with van der Waals surface area (Å²) in [5.41, 5.74) is 5.24. The average molecular weight is 229 g/mol. The SMILES string of the molecule is N[C@@H](CCl)C(=O)N[C@@H](CCl)C(=O)O. The molecule has 7 heteroatoms. The van der Waals surface area contributed by atoms with Crippen LogP contribution in [0.1, 0.15) is 0 Å². The Morgan fingerprint density at radius 3 is 2.23 bits per heavy atom. The van der Waals surface area contributed by atoms with Crippen LogP contribution in [0, 0.1) is 0 Å². The number of carboxylic acid groups (broad SMARTS) is 1. The fraction of sp³-hybridized carbons (Fsp3) is 0.667. The van der Waals surface area contributed by atoms with E-state index in [-0.39, 0.29) is 11.8 Å². The molecule has 0 fully saturated rings. The zero-order chi connectivity index (χ0) is 10.4. The second-order valence-electron chi connectivity index (χ2n) is 2.31. The van der Waals surface area contributed by atoms with Crippen molar-refractivity contribution in [2.45, 2.75) is 12.1 Å². The number of aliphatic carboxylic acids is 1. The van der Waals surface area contributed by atoms with Gasteiger partial charge in [0.1, 0.15) is 6.04 Å². The molecule has 0 saturated heterocycles. The van der Waals surface area contributed by atoms with Gasteiger partial charge in [-0.05, 0) is 0 Å². The summed E-state index contributed by atoms with van der Waals surface area (Å²) < 4.78 is 0. The molecule has 4 N–H and O–H groups in total. The smallest absolute Gasteiger partial charge is 0.327 e. The van der Waals surface area contributed by atoms with E-state index in [0.29, 0.717) is 0 Å². The highest BCUT2D eigenvalue weighted by Crippen LogP contribution is 1.91. The number of hydrogen-bond acceptors (Lipinski definition) is 3. The molecule has 0 radical (unpaired) electrons. The van der Waals surface area contributed by atoms with Gasteiger partial charge in [-0.3, -0.25) is 4.79 Å². The quantitative estimate of drug-likeness (QED) is 0.547. The Hall–Kier alpha value is -0.520. The van der Waals surface area contributed by atoms with Crippen molar-refractivity contribution in [3.05, 3.63) is 0 Å². The molecule has 0 rings (SSSR count). The molecule has 76 valence electrons. The van der Waals surface area contributed by atoms with Crippen molar-refractivity contribution in [2.75, 3.05) is 11.8 Å². The normalized spacial score (nSPS) is 14.7. The number of nitrogens with one attached hydrogen (secondary N) is 1. The number of nitrogens with two attached hydrogens (primary N) is 1. The largest absolute Gasteiger partial charge is 0.480 e. The molecule has 0 aliphatic carbocycles. The second-order valence-corrected chi connectivity index (χ2v) is 2.93. The molecule has 0 aromatic carbocycles. The Balaban J connectivity index is 4.09. The highest BCUT2D eigenvalue weighted by Gasteiger charge is 2.21. The van der Waals surface area contributed by atoms with Crippen molar-refractivity contribution in [2.24, 2.45) is 5.73 Å². The first kappa shape index (κ1) is 12.5. The lowest BCUT2D eigenvalue weighted by Crippen LogP contribution is -2.49. The summed E-state index contributed by atoms with van der Waals surface area (Å²) >= 11 is 10.6. The molecule has 0 aromatic heterocycles. The highest BCUT2D eigenvalue weighted by atomic mass is 35.5. The van der Waals surface area contributed by atoms with Gasteiger partial charge < -0.3 is 16.2 Å². The first-order valence-electron chi connectivity index (χ1n) is 3.43. The summed E-state index contributed by atoms with van der Waals surface area (Å²) in [4.78, 5) is 21.4. The van der Waals surface area contributed by atoms with Gasteiger partial charge in [0.05, 0.1) is 11.9 Å². The molecule has 5 nitrogen and oxygen atoms in total. The Labute approximate surface area is 85.2 Å². The van der Waals surface area contributed by atoms with Crippen LogP contribution in [0.25, 0.3) is 0 Å². The zero-order valence-electron chi connectivity index (χ0n) is 6.67. The first-order valence-corrected chi connectivity index (χ1v) is 4.50. The molecule has 13 heavy (non-hydrogen) atoms. The number of carboxylic acids is 1. The summed E-state index contributed by atoms with van der Waals surface area (Å²) in [5, 5.41) is 10.6. The number of amides is 1. The average Bonchev–Trinajstić information content (AvgIpc) is 2.11. The van der Waals surface area contributed by atoms with Gasteiger partial charge in [0.15, 0.2) is 0 Å². The molecule has 0 aliphatic heterocycles. The number of hydrogen-bond donors (Lipinski definition) is 3. The van der Waals surface area contributed by atoms with Crippen LogP contribution in [0.5, 0.6) is 0 Å². The van der Waals surface area contributed by atoms with Crippen LogP contribution in [0.15, 0.2) is 0 Å². The lowest BCUT2D eigenvalue weighted by molar-refractivity contribution is -0.141. The van der Waals surface area contributed by atoms with Crippen LogP contribution in [-0.4, -0.2) is 40.8 Å².